The fourth-order valence-corrected chi connectivity index (χ4v) is 6.57. The quantitative estimate of drug-likeness (QED) is 0.488. The lowest BCUT2D eigenvalue weighted by Gasteiger charge is -2.28. The molecule has 160 valence electrons. The van der Waals surface area contributed by atoms with Gasteiger partial charge in [0.1, 0.15) is 0 Å². The lowest BCUT2D eigenvalue weighted by molar-refractivity contribution is 0.257. The Labute approximate surface area is 173 Å². The minimum Gasteiger partial charge on any atom is -0.340 e. The molecular formula is C20H31N3O4P2. The second-order valence-electron chi connectivity index (χ2n) is 7.00. The van der Waals surface area contributed by atoms with E-state index in [2.05, 4.69) is 0 Å². The molecule has 2 unspecified atom stereocenters. The van der Waals surface area contributed by atoms with Gasteiger partial charge in [-0.3, -0.25) is 18.9 Å². The van der Waals surface area contributed by atoms with Gasteiger partial charge < -0.3 is 15.2 Å². The fourth-order valence-electron chi connectivity index (χ4n) is 3.05. The van der Waals surface area contributed by atoms with E-state index in [0.29, 0.717) is 36.8 Å². The summed E-state index contributed by atoms with van der Waals surface area (Å²) in [5, 5.41) is 1.11. The highest BCUT2D eigenvalue weighted by Gasteiger charge is 2.27. The van der Waals surface area contributed by atoms with Crippen molar-refractivity contribution in [3.8, 4) is 0 Å². The van der Waals surface area contributed by atoms with E-state index in [1.807, 2.05) is 41.1 Å². The predicted octanol–water partition coefficient (Wildman–Crippen LogP) is 1.94. The first-order valence-electron chi connectivity index (χ1n) is 9.49. The van der Waals surface area contributed by atoms with Gasteiger partial charge in [-0.15, -0.1) is 0 Å². The summed E-state index contributed by atoms with van der Waals surface area (Å²) >= 11 is 0. The lowest BCUT2D eigenvalue weighted by Crippen LogP contribution is -2.38. The van der Waals surface area contributed by atoms with Crippen molar-refractivity contribution in [2.45, 2.75) is 0 Å². The topological polar surface area (TPSA) is 96.1 Å². The molecule has 2 atom stereocenters. The highest BCUT2D eigenvalue weighted by Crippen LogP contribution is 2.45. The van der Waals surface area contributed by atoms with E-state index in [-0.39, 0.29) is 12.6 Å². The van der Waals surface area contributed by atoms with Crippen LogP contribution in [0.4, 0.5) is 0 Å². The molecule has 0 aliphatic rings. The van der Waals surface area contributed by atoms with Crippen LogP contribution in [-0.4, -0.2) is 67.6 Å². The molecule has 0 radical (unpaired) electrons. The summed E-state index contributed by atoms with van der Waals surface area (Å²) in [6.45, 7) is 1.99. The maximum Gasteiger partial charge on any atom is 0.245 e. The molecule has 0 heterocycles. The van der Waals surface area contributed by atoms with Gasteiger partial charge in [0.15, 0.2) is 0 Å². The maximum atomic E-state index is 13.2. The minimum atomic E-state index is -3.51. The zero-order chi connectivity index (χ0) is 21.3. The van der Waals surface area contributed by atoms with Crippen LogP contribution in [0, 0.1) is 0 Å². The SMILES string of the molecule is COP(=O)(CN(C)CCN(CCN)CP(=O)(O)c1ccccc1)c1ccccc1. The Bertz CT molecular complexity index is 836. The third-order valence-corrected chi connectivity index (χ3v) is 9.09. The zero-order valence-corrected chi connectivity index (χ0v) is 18.8. The van der Waals surface area contributed by atoms with Crippen molar-refractivity contribution in [1.29, 1.82) is 0 Å². The highest BCUT2D eigenvalue weighted by atomic mass is 31.2. The van der Waals surface area contributed by atoms with Gasteiger partial charge in [0.05, 0.1) is 12.6 Å². The minimum absolute atomic E-state index is 0.0304. The Morgan fingerprint density at radius 2 is 1.45 bits per heavy atom. The van der Waals surface area contributed by atoms with Crippen LogP contribution in [0.5, 0.6) is 0 Å². The van der Waals surface area contributed by atoms with Crippen molar-refractivity contribution in [1.82, 2.24) is 9.80 Å². The number of nitrogens with two attached hydrogens (primary N) is 1. The van der Waals surface area contributed by atoms with Gasteiger partial charge >= 0.3 is 0 Å². The van der Waals surface area contributed by atoms with E-state index in [9.17, 15) is 14.0 Å². The Morgan fingerprint density at radius 1 is 0.897 bits per heavy atom. The number of nitrogens with zero attached hydrogens (tertiary/aromatic N) is 2. The summed E-state index contributed by atoms with van der Waals surface area (Å²) in [5.41, 5.74) is 5.70. The first kappa shape index (κ1) is 24.0. The van der Waals surface area contributed by atoms with Gasteiger partial charge in [-0.25, -0.2) is 0 Å². The largest absolute Gasteiger partial charge is 0.340 e. The van der Waals surface area contributed by atoms with Crippen molar-refractivity contribution in [2.24, 2.45) is 5.73 Å². The number of hydrogen-bond donors (Lipinski definition) is 2. The van der Waals surface area contributed by atoms with Crippen LogP contribution in [0.2, 0.25) is 0 Å². The first-order chi connectivity index (χ1) is 13.8. The van der Waals surface area contributed by atoms with Crippen molar-refractivity contribution < 1.29 is 18.5 Å². The average Bonchev–Trinajstić information content (AvgIpc) is 2.73. The van der Waals surface area contributed by atoms with Crippen LogP contribution in [0.1, 0.15) is 0 Å². The highest BCUT2D eigenvalue weighted by molar-refractivity contribution is 7.67. The van der Waals surface area contributed by atoms with Crippen LogP contribution >= 0.6 is 14.7 Å². The van der Waals surface area contributed by atoms with E-state index in [0.717, 1.165) is 0 Å². The molecule has 0 fully saturated rings. The molecule has 0 spiro atoms. The molecule has 0 amide bonds. The molecular weight excluding hydrogens is 408 g/mol. The van der Waals surface area contributed by atoms with Crippen LogP contribution in [0.3, 0.4) is 0 Å². The monoisotopic (exact) mass is 439 g/mol. The molecule has 0 aliphatic heterocycles. The van der Waals surface area contributed by atoms with Crippen LogP contribution in [0.15, 0.2) is 60.7 Å². The van der Waals surface area contributed by atoms with Gasteiger partial charge in [-0.1, -0.05) is 36.4 Å². The van der Waals surface area contributed by atoms with Crippen molar-refractivity contribution in [3.63, 3.8) is 0 Å². The zero-order valence-electron chi connectivity index (χ0n) is 17.1. The first-order valence-corrected chi connectivity index (χ1v) is 13.1. The average molecular weight is 439 g/mol. The van der Waals surface area contributed by atoms with E-state index in [1.165, 1.54) is 7.11 Å². The van der Waals surface area contributed by atoms with Crippen LogP contribution in [-0.2, 0) is 13.7 Å². The molecule has 29 heavy (non-hydrogen) atoms. The summed E-state index contributed by atoms with van der Waals surface area (Å²) in [5.74, 6) is 0. The number of benzene rings is 2. The molecule has 7 nitrogen and oxygen atoms in total. The van der Waals surface area contributed by atoms with Crippen LogP contribution < -0.4 is 16.3 Å². The number of hydrogen-bond acceptors (Lipinski definition) is 6. The van der Waals surface area contributed by atoms with Gasteiger partial charge in [0.2, 0.25) is 14.7 Å². The molecule has 2 rings (SSSR count). The van der Waals surface area contributed by atoms with Gasteiger partial charge in [-0.2, -0.15) is 0 Å². The van der Waals surface area contributed by atoms with Crippen LogP contribution in [0.25, 0.3) is 0 Å². The smallest absolute Gasteiger partial charge is 0.245 e. The second-order valence-corrected chi connectivity index (χ2v) is 11.7. The van der Waals surface area contributed by atoms with Gasteiger partial charge in [0.25, 0.3) is 0 Å². The number of rotatable bonds is 12. The molecule has 0 aliphatic carbocycles. The Morgan fingerprint density at radius 3 is 1.97 bits per heavy atom. The summed E-state index contributed by atoms with van der Waals surface area (Å²) in [7, 11) is -3.18. The summed E-state index contributed by atoms with van der Waals surface area (Å²) < 4.78 is 31.4. The molecule has 0 bridgehead atoms. The Kier molecular flexibility index (Phi) is 9.25. The Hall–Kier alpha value is -1.30. The van der Waals surface area contributed by atoms with E-state index in [1.54, 1.807) is 36.4 Å². The van der Waals surface area contributed by atoms with E-state index >= 15 is 0 Å². The predicted molar refractivity (Wildman–Crippen MR) is 120 cm³/mol. The molecule has 3 N–H and O–H groups in total. The molecule has 0 saturated carbocycles. The number of likely N-dealkylation sites (N-methyl/N-ethyl adjacent to an activating group) is 1. The normalized spacial score (nSPS) is 15.9. The maximum absolute atomic E-state index is 13.2. The lowest BCUT2D eigenvalue weighted by atomic mass is 10.4. The second kappa shape index (κ2) is 11.2. The molecule has 9 heteroatoms. The van der Waals surface area contributed by atoms with E-state index < -0.39 is 14.7 Å². The van der Waals surface area contributed by atoms with Gasteiger partial charge in [-0.05, 0) is 31.3 Å². The standard InChI is InChI=1S/C20H31N3O4P2/c1-22(17-29(26,27-2)20-11-7-4-8-12-20)15-16-23(14-13-21)18-28(24,25)19-9-5-3-6-10-19/h3-12H,13-18,21H2,1-2H3,(H,24,25). The van der Waals surface area contributed by atoms with Crippen molar-refractivity contribution in [2.75, 3.05) is 52.9 Å². The molecule has 2 aromatic carbocycles. The van der Waals surface area contributed by atoms with Crippen molar-refractivity contribution in [3.05, 3.63) is 60.7 Å². The summed E-state index contributed by atoms with van der Waals surface area (Å²) in [4.78, 5) is 14.3. The van der Waals surface area contributed by atoms with E-state index in [4.69, 9.17) is 10.3 Å². The van der Waals surface area contributed by atoms with Gasteiger partial charge in [0, 0.05) is 43.9 Å². The molecule has 0 aromatic heterocycles. The summed E-state index contributed by atoms with van der Waals surface area (Å²) in [6, 6.07) is 17.8. The Balaban J connectivity index is 1.99. The molecule has 0 saturated heterocycles. The molecule has 2 aromatic rings. The summed E-state index contributed by atoms with van der Waals surface area (Å²) in [6.07, 6.45) is 0.294. The third-order valence-electron chi connectivity index (χ3n) is 4.67. The third kappa shape index (κ3) is 7.16. The van der Waals surface area contributed by atoms with Crippen molar-refractivity contribution >= 4 is 25.3 Å². The fraction of sp³-hybridized carbons (Fsp3) is 0.400.